The molecule has 2 saturated heterocycles. The molecule has 0 spiro atoms. The maximum atomic E-state index is 12.2. The van der Waals surface area contributed by atoms with E-state index in [1.165, 1.54) is 7.11 Å². The summed E-state index contributed by atoms with van der Waals surface area (Å²) in [6.45, 7) is 6.27. The van der Waals surface area contributed by atoms with Crippen molar-refractivity contribution in [3.8, 4) is 0 Å². The van der Waals surface area contributed by atoms with Gasteiger partial charge in [0, 0.05) is 55.6 Å². The Bertz CT molecular complexity index is 1120. The molecule has 2 heterocycles. The fraction of sp³-hybridized carbons (Fsp3) is 0.750. The Morgan fingerprint density at radius 2 is 0.783 bits per heavy atom. The Morgan fingerprint density at radius 3 is 1.17 bits per heavy atom. The second kappa shape index (κ2) is 17.7. The van der Waals surface area contributed by atoms with Crippen LogP contribution in [0.5, 0.6) is 0 Å². The molecule has 0 unspecified atom stereocenters. The molecule has 2 aliphatic rings. The molecule has 0 radical (unpaired) electrons. The molecule has 260 valence electrons. The summed E-state index contributed by atoms with van der Waals surface area (Å²) in [5.74, 6) is -5.43. The lowest BCUT2D eigenvalue weighted by Crippen LogP contribution is -2.65. The molecule has 0 aliphatic carbocycles. The molecular formula is C28H40O18. The molecule has 2 rings (SSSR count). The quantitative estimate of drug-likeness (QED) is 0.175. The van der Waals surface area contributed by atoms with Gasteiger partial charge in [-0.25, -0.2) is 0 Å². The number of carbonyl (C=O) groups excluding carboxylic acids is 7. The van der Waals surface area contributed by atoms with Crippen molar-refractivity contribution in [2.24, 2.45) is 0 Å². The van der Waals surface area contributed by atoms with Gasteiger partial charge in [0.05, 0.1) is 6.61 Å². The standard InChI is InChI=1S/C28H40O18/c1-12(29)37-9-19-22(25(42-16(5)33)27(44-18(7)35)28(36-8)46-19)39-11-21-24(41-15(4)32)26(43-17(6)34)23(40-14(3)31)20(45-21)10-38-13(2)30/h19-28H,9-11H2,1-8H3/t19-,20-,21+,22-,23-,24-,25+,26+,27-,28+/m1/s1. The van der Waals surface area contributed by atoms with Crippen LogP contribution >= 0.6 is 0 Å². The summed E-state index contributed by atoms with van der Waals surface area (Å²) in [5.41, 5.74) is 0. The summed E-state index contributed by atoms with van der Waals surface area (Å²) < 4.78 is 60.7. The topological polar surface area (TPSA) is 221 Å². The predicted octanol–water partition coefficient (Wildman–Crippen LogP) is -0.705. The van der Waals surface area contributed by atoms with Gasteiger partial charge >= 0.3 is 41.8 Å². The van der Waals surface area contributed by atoms with Gasteiger partial charge in [0.1, 0.15) is 37.6 Å². The van der Waals surface area contributed by atoms with Crippen LogP contribution in [0.2, 0.25) is 0 Å². The zero-order valence-electron chi connectivity index (χ0n) is 26.7. The maximum absolute atomic E-state index is 12.2. The third-order valence-corrected chi connectivity index (χ3v) is 6.42. The SMILES string of the molecule is CO[C@H]1O[C@H](COC(C)=O)[C@@H](OC[C@@H]2O[C@H](COC(C)=O)[C@@H](OC(C)=O)[C@H](OC(C)=O)[C@@H]2OC(C)=O)[C@H](OC(C)=O)[C@H]1OC(C)=O. The van der Waals surface area contributed by atoms with E-state index in [0.29, 0.717) is 0 Å². The monoisotopic (exact) mass is 664 g/mol. The van der Waals surface area contributed by atoms with E-state index in [1.54, 1.807) is 0 Å². The molecule has 0 aromatic rings. The number of esters is 7. The fourth-order valence-corrected chi connectivity index (χ4v) is 4.90. The number of hydrogen-bond donors (Lipinski definition) is 0. The first-order valence-corrected chi connectivity index (χ1v) is 14.1. The Hall–Kier alpha value is -3.87. The first-order chi connectivity index (χ1) is 21.5. The Balaban J connectivity index is 2.56. The number of rotatable bonds is 13. The Kier molecular flexibility index (Phi) is 14.8. The average molecular weight is 665 g/mol. The highest BCUT2D eigenvalue weighted by Gasteiger charge is 2.55. The normalized spacial score (nSPS) is 30.6. The van der Waals surface area contributed by atoms with Crippen LogP contribution in [0, 0.1) is 0 Å². The van der Waals surface area contributed by atoms with Crippen molar-refractivity contribution in [2.45, 2.75) is 110 Å². The Morgan fingerprint density at radius 1 is 0.435 bits per heavy atom. The molecule has 2 fully saturated rings. The molecule has 0 aromatic carbocycles. The largest absolute Gasteiger partial charge is 0.463 e. The molecule has 18 nitrogen and oxygen atoms in total. The average Bonchev–Trinajstić information content (AvgIpc) is 2.92. The van der Waals surface area contributed by atoms with Crippen molar-refractivity contribution in [3.63, 3.8) is 0 Å². The second-order valence-corrected chi connectivity index (χ2v) is 10.3. The molecule has 0 amide bonds. The number of methoxy groups -OCH3 is 1. The van der Waals surface area contributed by atoms with E-state index in [0.717, 1.165) is 48.5 Å². The molecule has 10 atom stereocenters. The highest BCUT2D eigenvalue weighted by atomic mass is 16.7. The summed E-state index contributed by atoms with van der Waals surface area (Å²) in [7, 11) is 1.24. The van der Waals surface area contributed by atoms with Crippen LogP contribution in [-0.4, -0.2) is 130 Å². The Labute approximate surface area is 264 Å². The van der Waals surface area contributed by atoms with Crippen LogP contribution in [0.3, 0.4) is 0 Å². The van der Waals surface area contributed by atoms with Gasteiger partial charge in [-0.1, -0.05) is 0 Å². The molecule has 0 N–H and O–H groups in total. The molecule has 0 saturated carbocycles. The molecule has 0 aromatic heterocycles. The van der Waals surface area contributed by atoms with Crippen LogP contribution in [-0.2, 0) is 85.7 Å². The van der Waals surface area contributed by atoms with Crippen molar-refractivity contribution in [2.75, 3.05) is 26.9 Å². The highest BCUT2D eigenvalue weighted by molar-refractivity contribution is 5.69. The summed E-state index contributed by atoms with van der Waals surface area (Å²) >= 11 is 0. The van der Waals surface area contributed by atoms with Gasteiger partial charge in [-0.2, -0.15) is 0 Å². The predicted molar refractivity (Wildman–Crippen MR) is 145 cm³/mol. The lowest BCUT2D eigenvalue weighted by atomic mass is 9.94. The molecule has 46 heavy (non-hydrogen) atoms. The second-order valence-electron chi connectivity index (χ2n) is 10.3. The van der Waals surface area contributed by atoms with Gasteiger partial charge in [-0.05, 0) is 0 Å². The zero-order valence-corrected chi connectivity index (χ0v) is 26.7. The van der Waals surface area contributed by atoms with E-state index in [2.05, 4.69) is 0 Å². The van der Waals surface area contributed by atoms with Gasteiger partial charge < -0.3 is 52.1 Å². The van der Waals surface area contributed by atoms with Crippen molar-refractivity contribution in [1.82, 2.24) is 0 Å². The summed E-state index contributed by atoms with van der Waals surface area (Å²) in [5, 5.41) is 0. The number of carbonyl (C=O) groups is 7. The minimum atomic E-state index is -1.47. The maximum Gasteiger partial charge on any atom is 0.303 e. The summed E-state index contributed by atoms with van der Waals surface area (Å²) in [6.07, 6.45) is -13.5. The fourth-order valence-electron chi connectivity index (χ4n) is 4.90. The van der Waals surface area contributed by atoms with Crippen LogP contribution in [0.4, 0.5) is 0 Å². The van der Waals surface area contributed by atoms with Gasteiger partial charge in [-0.3, -0.25) is 33.6 Å². The third kappa shape index (κ3) is 11.5. The highest BCUT2D eigenvalue weighted by Crippen LogP contribution is 2.33. The van der Waals surface area contributed by atoms with E-state index >= 15 is 0 Å². The number of hydrogen-bond acceptors (Lipinski definition) is 18. The summed E-state index contributed by atoms with van der Waals surface area (Å²) in [6, 6.07) is 0. The van der Waals surface area contributed by atoms with Crippen molar-refractivity contribution in [1.29, 1.82) is 0 Å². The minimum Gasteiger partial charge on any atom is -0.463 e. The minimum absolute atomic E-state index is 0.428. The number of ether oxygens (including phenoxy) is 11. The molecular weight excluding hydrogens is 624 g/mol. The van der Waals surface area contributed by atoms with Gasteiger partial charge in [-0.15, -0.1) is 0 Å². The third-order valence-electron chi connectivity index (χ3n) is 6.42. The van der Waals surface area contributed by atoms with Gasteiger partial charge in [0.2, 0.25) is 0 Å². The van der Waals surface area contributed by atoms with Gasteiger partial charge in [0.15, 0.2) is 36.8 Å². The lowest BCUT2D eigenvalue weighted by Gasteiger charge is -2.46. The van der Waals surface area contributed by atoms with Crippen molar-refractivity contribution < 1.29 is 85.7 Å². The van der Waals surface area contributed by atoms with E-state index in [4.69, 9.17) is 52.1 Å². The first kappa shape index (κ1) is 38.3. The van der Waals surface area contributed by atoms with Crippen LogP contribution < -0.4 is 0 Å². The van der Waals surface area contributed by atoms with Crippen molar-refractivity contribution in [3.05, 3.63) is 0 Å². The van der Waals surface area contributed by atoms with E-state index < -0.39 is 123 Å². The molecule has 0 bridgehead atoms. The van der Waals surface area contributed by atoms with E-state index in [9.17, 15) is 33.6 Å². The van der Waals surface area contributed by atoms with Crippen LogP contribution in [0.15, 0.2) is 0 Å². The van der Waals surface area contributed by atoms with Crippen LogP contribution in [0.1, 0.15) is 48.5 Å². The first-order valence-electron chi connectivity index (χ1n) is 14.1. The smallest absolute Gasteiger partial charge is 0.303 e. The molecule has 18 heteroatoms. The van der Waals surface area contributed by atoms with Crippen LogP contribution in [0.25, 0.3) is 0 Å². The van der Waals surface area contributed by atoms with E-state index in [1.807, 2.05) is 0 Å². The zero-order chi connectivity index (χ0) is 34.7. The van der Waals surface area contributed by atoms with E-state index in [-0.39, 0.29) is 0 Å². The van der Waals surface area contributed by atoms with Crippen molar-refractivity contribution >= 4 is 41.8 Å². The lowest BCUT2D eigenvalue weighted by molar-refractivity contribution is -0.314. The van der Waals surface area contributed by atoms with Gasteiger partial charge in [0.25, 0.3) is 0 Å². The summed E-state index contributed by atoms with van der Waals surface area (Å²) in [4.78, 5) is 83.8. The molecule has 2 aliphatic heterocycles.